The lowest BCUT2D eigenvalue weighted by atomic mass is 9.95. The molecular formula is C16H19FN4O2. The van der Waals surface area contributed by atoms with Crippen LogP contribution in [0.3, 0.4) is 0 Å². The van der Waals surface area contributed by atoms with Gasteiger partial charge in [-0.2, -0.15) is 9.37 Å². The van der Waals surface area contributed by atoms with Crippen LogP contribution >= 0.6 is 0 Å². The van der Waals surface area contributed by atoms with E-state index in [1.807, 2.05) is 6.21 Å². The van der Waals surface area contributed by atoms with E-state index < -0.39 is 11.7 Å². The van der Waals surface area contributed by atoms with Crippen molar-refractivity contribution in [3.8, 4) is 12.3 Å². The van der Waals surface area contributed by atoms with Crippen LogP contribution in [0.1, 0.15) is 31.4 Å². The molecule has 1 aromatic heterocycles. The van der Waals surface area contributed by atoms with Crippen molar-refractivity contribution in [2.24, 2.45) is 10.9 Å². The number of fused-ring (bicyclic) bond motifs is 1. The summed E-state index contributed by atoms with van der Waals surface area (Å²) in [6.45, 7) is -0.171. The minimum Gasteiger partial charge on any atom is -0.392 e. The molecule has 6 nitrogen and oxygen atoms in total. The summed E-state index contributed by atoms with van der Waals surface area (Å²) in [5.74, 6) is 2.77. The highest BCUT2D eigenvalue weighted by atomic mass is 19.1. The fraction of sp³-hybridized carbons (Fsp3) is 0.562. The maximum atomic E-state index is 13.3. The number of aliphatic imine (C=N–C) groups is 1. The first-order valence-electron chi connectivity index (χ1n) is 7.68. The average Bonchev–Trinajstić information content (AvgIpc) is 2.83. The summed E-state index contributed by atoms with van der Waals surface area (Å²) in [6, 6.07) is 0. The van der Waals surface area contributed by atoms with Crippen LogP contribution in [0.4, 0.5) is 15.9 Å². The van der Waals surface area contributed by atoms with E-state index in [4.69, 9.17) is 16.9 Å². The Bertz CT molecular complexity index is 673. The fourth-order valence-electron chi connectivity index (χ4n) is 3.16. The molecule has 1 fully saturated rings. The third-order valence-electron chi connectivity index (χ3n) is 4.47. The summed E-state index contributed by atoms with van der Waals surface area (Å²) >= 11 is 0. The summed E-state index contributed by atoms with van der Waals surface area (Å²) in [4.78, 5) is 11.6. The van der Waals surface area contributed by atoms with Gasteiger partial charge in [0.25, 0.3) is 0 Å². The van der Waals surface area contributed by atoms with Crippen LogP contribution in [-0.2, 0) is 11.2 Å². The first kappa shape index (κ1) is 15.8. The van der Waals surface area contributed by atoms with Crippen molar-refractivity contribution in [1.82, 2.24) is 9.97 Å². The van der Waals surface area contributed by atoms with Gasteiger partial charge in [0, 0.05) is 6.21 Å². The summed E-state index contributed by atoms with van der Waals surface area (Å²) in [5.41, 5.74) is 5.85. The van der Waals surface area contributed by atoms with Crippen molar-refractivity contribution in [2.45, 2.75) is 43.8 Å². The number of halogens is 1. The zero-order chi connectivity index (χ0) is 16.4. The van der Waals surface area contributed by atoms with Crippen LogP contribution in [0.25, 0.3) is 0 Å². The number of hydrogen-bond donors (Lipinski definition) is 2. The molecule has 0 aromatic carbocycles. The molecule has 0 spiro atoms. The Balaban J connectivity index is 1.68. The van der Waals surface area contributed by atoms with Crippen molar-refractivity contribution in [3.63, 3.8) is 0 Å². The van der Waals surface area contributed by atoms with Gasteiger partial charge in [-0.15, -0.1) is 6.42 Å². The number of nitrogens with zero attached hydrogens (tertiary/aromatic N) is 3. The van der Waals surface area contributed by atoms with Crippen LogP contribution in [0.2, 0.25) is 0 Å². The van der Waals surface area contributed by atoms with Gasteiger partial charge in [-0.05, 0) is 38.0 Å². The highest BCUT2D eigenvalue weighted by Gasteiger charge is 2.38. The highest BCUT2D eigenvalue weighted by molar-refractivity contribution is 5.72. The maximum Gasteiger partial charge on any atom is 0.310 e. The third kappa shape index (κ3) is 3.19. The number of ether oxygens (including phenoxy) is 1. The number of anilines is 1. The Morgan fingerprint density at radius 1 is 1.48 bits per heavy atom. The van der Waals surface area contributed by atoms with E-state index in [1.165, 1.54) is 0 Å². The van der Waals surface area contributed by atoms with Gasteiger partial charge in [-0.25, -0.2) is 4.98 Å². The Morgan fingerprint density at radius 3 is 3.00 bits per heavy atom. The number of terminal acetylenes is 1. The molecule has 3 N–H and O–H groups in total. The van der Waals surface area contributed by atoms with Crippen LogP contribution < -0.4 is 5.73 Å². The molecule has 0 bridgehead atoms. The molecule has 2 aliphatic rings. The van der Waals surface area contributed by atoms with Gasteiger partial charge in [-0.3, -0.25) is 4.99 Å². The summed E-state index contributed by atoms with van der Waals surface area (Å²) in [6.07, 6.45) is 9.98. The molecule has 0 aliphatic carbocycles. The van der Waals surface area contributed by atoms with Gasteiger partial charge in [-0.1, -0.05) is 5.92 Å². The minimum atomic E-state index is -0.853. The van der Waals surface area contributed by atoms with Gasteiger partial charge in [0.1, 0.15) is 5.69 Å². The van der Waals surface area contributed by atoms with E-state index in [9.17, 15) is 9.50 Å². The molecule has 2 aliphatic heterocycles. The van der Waals surface area contributed by atoms with E-state index in [0.29, 0.717) is 24.2 Å². The van der Waals surface area contributed by atoms with Gasteiger partial charge in [0.05, 0.1) is 18.4 Å². The van der Waals surface area contributed by atoms with Crippen molar-refractivity contribution in [3.05, 3.63) is 11.8 Å². The van der Waals surface area contributed by atoms with E-state index >= 15 is 0 Å². The third-order valence-corrected chi connectivity index (χ3v) is 4.47. The van der Waals surface area contributed by atoms with Crippen LogP contribution in [0.5, 0.6) is 0 Å². The standard InChI is InChI=1S/C16H19FN4O2/c1-2-16(9-22)6-5-11(23-16)7-10-3-4-12-13(19-8-10)14(18)21-15(17)20-12/h1,8,10-11,22H,3-7,9H2,(H2,18,20,21)/t10?,11-,16+/m1/s1. The van der Waals surface area contributed by atoms with E-state index in [1.54, 1.807) is 0 Å². The van der Waals surface area contributed by atoms with E-state index in [-0.39, 0.29) is 24.4 Å². The number of aliphatic hydroxyl groups excluding tert-OH is 1. The number of rotatable bonds is 3. The smallest absolute Gasteiger partial charge is 0.310 e. The lowest BCUT2D eigenvalue weighted by Crippen LogP contribution is -2.32. The lowest BCUT2D eigenvalue weighted by Gasteiger charge is -2.22. The molecule has 0 saturated carbocycles. The normalized spacial score (nSPS) is 29.8. The Kier molecular flexibility index (Phi) is 4.28. The molecule has 23 heavy (non-hydrogen) atoms. The van der Waals surface area contributed by atoms with Gasteiger partial charge < -0.3 is 15.6 Å². The largest absolute Gasteiger partial charge is 0.392 e. The Morgan fingerprint density at radius 2 is 2.30 bits per heavy atom. The average molecular weight is 318 g/mol. The highest BCUT2D eigenvalue weighted by Crippen LogP contribution is 2.35. The Labute approximate surface area is 134 Å². The van der Waals surface area contributed by atoms with Gasteiger partial charge >= 0.3 is 6.08 Å². The quantitative estimate of drug-likeness (QED) is 0.649. The number of nitrogen functional groups attached to an aromatic ring is 1. The second-order valence-corrected chi connectivity index (χ2v) is 6.06. The second-order valence-electron chi connectivity index (χ2n) is 6.06. The van der Waals surface area contributed by atoms with Crippen molar-refractivity contribution in [2.75, 3.05) is 12.3 Å². The minimum absolute atomic E-state index is 0.0176. The molecule has 3 atom stereocenters. The summed E-state index contributed by atoms with van der Waals surface area (Å²) < 4.78 is 19.1. The molecule has 7 heteroatoms. The predicted octanol–water partition coefficient (Wildman–Crippen LogP) is 1.40. The SMILES string of the molecule is C#C[C@@]1(CO)CC[C@H](CC2C=Nc3c(N)nc(F)nc3CC2)O1. The number of aryl methyl sites for hydroxylation is 1. The first-order valence-corrected chi connectivity index (χ1v) is 7.68. The summed E-state index contributed by atoms with van der Waals surface area (Å²) in [7, 11) is 0. The topological polar surface area (TPSA) is 93.6 Å². The van der Waals surface area contributed by atoms with Gasteiger partial charge in [0.15, 0.2) is 11.4 Å². The number of nitrogens with two attached hydrogens (primary N) is 1. The van der Waals surface area contributed by atoms with Crippen molar-refractivity contribution < 1.29 is 14.2 Å². The van der Waals surface area contributed by atoms with Crippen LogP contribution in [-0.4, -0.2) is 39.6 Å². The van der Waals surface area contributed by atoms with Gasteiger partial charge in [0.2, 0.25) is 0 Å². The first-order chi connectivity index (χ1) is 11.0. The van der Waals surface area contributed by atoms with Crippen molar-refractivity contribution in [1.29, 1.82) is 0 Å². The molecule has 0 amide bonds. The molecule has 1 unspecified atom stereocenters. The maximum absolute atomic E-state index is 13.3. The fourth-order valence-corrected chi connectivity index (χ4v) is 3.16. The van der Waals surface area contributed by atoms with E-state index in [2.05, 4.69) is 20.9 Å². The molecule has 3 heterocycles. The second kappa shape index (κ2) is 6.22. The van der Waals surface area contributed by atoms with Crippen LogP contribution in [0.15, 0.2) is 4.99 Å². The van der Waals surface area contributed by atoms with E-state index in [0.717, 1.165) is 19.3 Å². The zero-order valence-corrected chi connectivity index (χ0v) is 12.7. The monoisotopic (exact) mass is 318 g/mol. The number of aliphatic hydroxyl groups is 1. The zero-order valence-electron chi connectivity index (χ0n) is 12.7. The molecule has 1 saturated heterocycles. The molecule has 3 rings (SSSR count). The molecule has 1 aromatic rings. The lowest BCUT2D eigenvalue weighted by molar-refractivity contribution is -0.0392. The Hall–Kier alpha value is -2.04. The van der Waals surface area contributed by atoms with Crippen LogP contribution in [0, 0.1) is 24.3 Å². The molecule has 122 valence electrons. The number of aromatic nitrogens is 2. The molecular weight excluding hydrogens is 299 g/mol. The van der Waals surface area contributed by atoms with Crippen molar-refractivity contribution >= 4 is 17.7 Å². The predicted molar refractivity (Wildman–Crippen MR) is 83.7 cm³/mol. The number of hydrogen-bond acceptors (Lipinski definition) is 6. The summed E-state index contributed by atoms with van der Waals surface area (Å²) in [5, 5.41) is 9.40. The molecule has 0 radical (unpaired) electrons.